The van der Waals surface area contributed by atoms with Crippen LogP contribution in [0.4, 0.5) is 0 Å². The molecule has 0 aliphatic rings. The molecule has 1 heterocycles. The van der Waals surface area contributed by atoms with Crippen LogP contribution in [0.1, 0.15) is 20.1 Å². The third-order valence-corrected chi connectivity index (χ3v) is 1.43. The van der Waals surface area contributed by atoms with E-state index in [4.69, 9.17) is 0 Å². The Bertz CT molecular complexity index is 181. The van der Waals surface area contributed by atoms with Crippen LogP contribution in [0.2, 0.25) is 0 Å². The molecular weight excluding hydrogens is 128 g/mol. The summed E-state index contributed by atoms with van der Waals surface area (Å²) in [6, 6.07) is 0. The van der Waals surface area contributed by atoms with Crippen LogP contribution in [-0.4, -0.2) is 14.7 Å². The third kappa shape index (κ3) is 1.36. The molecule has 0 bridgehead atoms. The zero-order chi connectivity index (χ0) is 7.56. The van der Waals surface area contributed by atoms with E-state index in [9.17, 15) is 5.11 Å². The lowest BCUT2D eigenvalue weighted by molar-refractivity contribution is 0.0567. The first-order chi connectivity index (χ1) is 4.72. The molecule has 1 aromatic heterocycles. The first-order valence-corrected chi connectivity index (χ1v) is 3.37. The number of rotatable bonds is 2. The molecule has 0 radical (unpaired) electrons. The van der Waals surface area contributed by atoms with Crippen molar-refractivity contribution >= 4 is 0 Å². The van der Waals surface area contributed by atoms with Gasteiger partial charge < -0.3 is 9.67 Å². The summed E-state index contributed by atoms with van der Waals surface area (Å²) in [5.41, 5.74) is 0. The fourth-order valence-electron chi connectivity index (χ4n) is 0.770. The number of hydrogen-bond acceptors (Lipinski definition) is 2. The van der Waals surface area contributed by atoms with Gasteiger partial charge in [0.15, 0.2) is 0 Å². The van der Waals surface area contributed by atoms with Crippen molar-refractivity contribution in [2.24, 2.45) is 5.92 Å². The van der Waals surface area contributed by atoms with Crippen LogP contribution in [-0.2, 0) is 0 Å². The molecule has 0 aromatic carbocycles. The summed E-state index contributed by atoms with van der Waals surface area (Å²) in [5.74, 6) is 0.231. The number of aliphatic hydroxyl groups excluding tert-OH is 1. The summed E-state index contributed by atoms with van der Waals surface area (Å²) in [6.07, 6.45) is 4.59. The molecule has 0 saturated carbocycles. The smallest absolute Gasteiger partial charge is 0.133 e. The largest absolute Gasteiger partial charge is 0.373 e. The van der Waals surface area contributed by atoms with E-state index in [0.717, 1.165) is 0 Å². The Kier molecular flexibility index (Phi) is 2.06. The van der Waals surface area contributed by atoms with Gasteiger partial charge in [-0.1, -0.05) is 13.8 Å². The summed E-state index contributed by atoms with van der Waals surface area (Å²) >= 11 is 0. The van der Waals surface area contributed by atoms with Crippen molar-refractivity contribution in [3.05, 3.63) is 18.7 Å². The zero-order valence-corrected chi connectivity index (χ0v) is 6.23. The van der Waals surface area contributed by atoms with Crippen molar-refractivity contribution in [1.29, 1.82) is 0 Å². The second-order valence-electron chi connectivity index (χ2n) is 2.67. The van der Waals surface area contributed by atoms with E-state index in [2.05, 4.69) is 4.98 Å². The highest BCUT2D eigenvalue weighted by atomic mass is 16.3. The van der Waals surface area contributed by atoms with Crippen LogP contribution in [0.15, 0.2) is 18.7 Å². The maximum atomic E-state index is 9.41. The van der Waals surface area contributed by atoms with Gasteiger partial charge >= 0.3 is 0 Å². The Balaban J connectivity index is 2.68. The van der Waals surface area contributed by atoms with Crippen molar-refractivity contribution in [2.75, 3.05) is 0 Å². The molecule has 0 spiro atoms. The van der Waals surface area contributed by atoms with Gasteiger partial charge in [-0.25, -0.2) is 4.98 Å². The van der Waals surface area contributed by atoms with Gasteiger partial charge in [0.1, 0.15) is 6.23 Å². The van der Waals surface area contributed by atoms with E-state index in [1.165, 1.54) is 0 Å². The Labute approximate surface area is 60.3 Å². The first kappa shape index (κ1) is 7.28. The average molecular weight is 140 g/mol. The summed E-state index contributed by atoms with van der Waals surface area (Å²) < 4.78 is 1.69. The summed E-state index contributed by atoms with van der Waals surface area (Å²) in [6.45, 7) is 3.93. The number of imidazole rings is 1. The van der Waals surface area contributed by atoms with E-state index in [-0.39, 0.29) is 5.92 Å². The van der Waals surface area contributed by atoms with Gasteiger partial charge in [-0.3, -0.25) is 0 Å². The maximum Gasteiger partial charge on any atom is 0.133 e. The van der Waals surface area contributed by atoms with Crippen molar-refractivity contribution in [3.63, 3.8) is 0 Å². The molecule has 0 fully saturated rings. The maximum absolute atomic E-state index is 9.41. The van der Waals surface area contributed by atoms with Crippen LogP contribution in [0.3, 0.4) is 0 Å². The van der Waals surface area contributed by atoms with Gasteiger partial charge in [0, 0.05) is 12.4 Å². The lowest BCUT2D eigenvalue weighted by atomic mass is 10.2. The van der Waals surface area contributed by atoms with Crippen LogP contribution in [0.25, 0.3) is 0 Å². The standard InChI is InChI=1S/C7H12N2O/c1-6(2)7(10)9-4-3-8-5-9/h3-7,10H,1-2H3. The molecule has 1 N–H and O–H groups in total. The summed E-state index contributed by atoms with van der Waals surface area (Å²) in [4.78, 5) is 3.83. The van der Waals surface area contributed by atoms with Crippen LogP contribution in [0.5, 0.6) is 0 Å². The van der Waals surface area contributed by atoms with Crippen molar-refractivity contribution in [3.8, 4) is 0 Å². The van der Waals surface area contributed by atoms with Gasteiger partial charge in [0.25, 0.3) is 0 Å². The van der Waals surface area contributed by atoms with Crippen LogP contribution < -0.4 is 0 Å². The Hall–Kier alpha value is -0.830. The monoisotopic (exact) mass is 140 g/mol. The van der Waals surface area contributed by atoms with E-state index >= 15 is 0 Å². The number of aliphatic hydroxyl groups is 1. The second-order valence-corrected chi connectivity index (χ2v) is 2.67. The minimum atomic E-state index is -0.442. The molecular formula is C7H12N2O. The highest BCUT2D eigenvalue weighted by Crippen LogP contribution is 2.11. The van der Waals surface area contributed by atoms with Gasteiger partial charge in [-0.2, -0.15) is 0 Å². The van der Waals surface area contributed by atoms with E-state index < -0.39 is 6.23 Å². The van der Waals surface area contributed by atoms with Gasteiger partial charge in [0.2, 0.25) is 0 Å². The molecule has 0 amide bonds. The highest BCUT2D eigenvalue weighted by molar-refractivity contribution is 4.77. The lowest BCUT2D eigenvalue weighted by Crippen LogP contribution is -2.12. The minimum Gasteiger partial charge on any atom is -0.373 e. The molecule has 1 unspecified atom stereocenters. The van der Waals surface area contributed by atoms with Crippen LogP contribution >= 0.6 is 0 Å². The van der Waals surface area contributed by atoms with Gasteiger partial charge in [0.05, 0.1) is 6.33 Å². The first-order valence-electron chi connectivity index (χ1n) is 3.37. The predicted molar refractivity (Wildman–Crippen MR) is 38.3 cm³/mol. The Morgan fingerprint density at radius 3 is 2.60 bits per heavy atom. The normalized spacial score (nSPS) is 14.0. The molecule has 0 saturated heterocycles. The second kappa shape index (κ2) is 2.84. The van der Waals surface area contributed by atoms with E-state index in [1.54, 1.807) is 23.3 Å². The zero-order valence-electron chi connectivity index (χ0n) is 6.23. The van der Waals surface area contributed by atoms with E-state index in [0.29, 0.717) is 0 Å². The third-order valence-electron chi connectivity index (χ3n) is 1.43. The summed E-state index contributed by atoms with van der Waals surface area (Å²) in [5, 5.41) is 9.41. The quantitative estimate of drug-likeness (QED) is 0.666. The highest BCUT2D eigenvalue weighted by Gasteiger charge is 2.08. The fraction of sp³-hybridized carbons (Fsp3) is 0.571. The van der Waals surface area contributed by atoms with Crippen LogP contribution in [0, 0.1) is 5.92 Å². The summed E-state index contributed by atoms with van der Waals surface area (Å²) in [7, 11) is 0. The van der Waals surface area contributed by atoms with Crippen molar-refractivity contribution < 1.29 is 5.11 Å². The Morgan fingerprint density at radius 2 is 2.20 bits per heavy atom. The lowest BCUT2D eigenvalue weighted by Gasteiger charge is -2.14. The number of aromatic nitrogens is 2. The molecule has 1 aromatic rings. The molecule has 1 rings (SSSR count). The molecule has 1 atom stereocenters. The molecule has 0 aliphatic carbocycles. The van der Waals surface area contributed by atoms with E-state index in [1.807, 2.05) is 13.8 Å². The fourth-order valence-corrected chi connectivity index (χ4v) is 0.770. The SMILES string of the molecule is CC(C)C(O)n1ccnc1. The molecule has 3 heteroatoms. The molecule has 0 aliphatic heterocycles. The van der Waals surface area contributed by atoms with Crippen molar-refractivity contribution in [1.82, 2.24) is 9.55 Å². The predicted octanol–water partition coefficient (Wildman–Crippen LogP) is 1.03. The van der Waals surface area contributed by atoms with Gasteiger partial charge in [-0.15, -0.1) is 0 Å². The molecule has 3 nitrogen and oxygen atoms in total. The average Bonchev–Trinajstić information content (AvgIpc) is 2.36. The Morgan fingerprint density at radius 1 is 1.50 bits per heavy atom. The number of hydrogen-bond donors (Lipinski definition) is 1. The topological polar surface area (TPSA) is 38.0 Å². The van der Waals surface area contributed by atoms with Gasteiger partial charge in [-0.05, 0) is 5.92 Å². The molecule has 56 valence electrons. The molecule has 10 heavy (non-hydrogen) atoms. The number of nitrogens with zero attached hydrogens (tertiary/aromatic N) is 2. The minimum absolute atomic E-state index is 0.231. The van der Waals surface area contributed by atoms with Crippen molar-refractivity contribution in [2.45, 2.75) is 20.1 Å².